The summed E-state index contributed by atoms with van der Waals surface area (Å²) in [6, 6.07) is 11.6. The van der Waals surface area contributed by atoms with Gasteiger partial charge in [0.2, 0.25) is 0 Å². The number of methoxy groups -OCH3 is 1. The number of nitrogens with one attached hydrogen (secondary N) is 2. The van der Waals surface area contributed by atoms with Crippen LogP contribution in [0.5, 0.6) is 5.75 Å². The van der Waals surface area contributed by atoms with Crippen LogP contribution in [-0.4, -0.2) is 31.3 Å². The molecule has 1 heterocycles. The molecule has 6 heteroatoms. The number of benzene rings is 1. The molecule has 0 spiro atoms. The highest BCUT2D eigenvalue weighted by Gasteiger charge is 2.03. The van der Waals surface area contributed by atoms with Crippen molar-refractivity contribution in [3.05, 3.63) is 48.2 Å². The zero-order chi connectivity index (χ0) is 16.5. The van der Waals surface area contributed by atoms with Gasteiger partial charge in [0.05, 0.1) is 25.6 Å². The van der Waals surface area contributed by atoms with Crippen LogP contribution in [0.1, 0.15) is 12.5 Å². The maximum Gasteiger partial charge on any atom is 0.412 e. The van der Waals surface area contributed by atoms with Crippen molar-refractivity contribution in [3.63, 3.8) is 0 Å². The SMILES string of the molecule is CCOC(=O)Nc1ccc(NCCc2cccc(OC)c2)cn1. The van der Waals surface area contributed by atoms with Gasteiger partial charge in [-0.05, 0) is 43.2 Å². The molecule has 2 N–H and O–H groups in total. The summed E-state index contributed by atoms with van der Waals surface area (Å²) in [6.07, 6.45) is 2.05. The molecule has 122 valence electrons. The van der Waals surface area contributed by atoms with Crippen LogP contribution in [0.15, 0.2) is 42.6 Å². The van der Waals surface area contributed by atoms with Crippen molar-refractivity contribution < 1.29 is 14.3 Å². The Hall–Kier alpha value is -2.76. The van der Waals surface area contributed by atoms with Crippen molar-refractivity contribution in [2.45, 2.75) is 13.3 Å². The van der Waals surface area contributed by atoms with Crippen LogP contribution in [0.2, 0.25) is 0 Å². The Morgan fingerprint density at radius 2 is 2.13 bits per heavy atom. The Labute approximate surface area is 135 Å². The average Bonchev–Trinajstić information content (AvgIpc) is 2.57. The maximum absolute atomic E-state index is 11.3. The molecular weight excluding hydrogens is 294 g/mol. The molecule has 2 rings (SSSR count). The maximum atomic E-state index is 11.3. The largest absolute Gasteiger partial charge is 0.497 e. The molecule has 0 radical (unpaired) electrons. The molecule has 6 nitrogen and oxygen atoms in total. The number of nitrogens with zero attached hydrogens (tertiary/aromatic N) is 1. The van der Waals surface area contributed by atoms with Crippen molar-refractivity contribution in [1.29, 1.82) is 0 Å². The van der Waals surface area contributed by atoms with Gasteiger partial charge in [0.1, 0.15) is 11.6 Å². The summed E-state index contributed by atoms with van der Waals surface area (Å²) in [7, 11) is 1.66. The second-order valence-corrected chi connectivity index (χ2v) is 4.81. The van der Waals surface area contributed by atoms with E-state index in [2.05, 4.69) is 21.7 Å². The molecule has 0 aliphatic rings. The van der Waals surface area contributed by atoms with Crippen molar-refractivity contribution >= 4 is 17.6 Å². The van der Waals surface area contributed by atoms with Gasteiger partial charge in [-0.25, -0.2) is 9.78 Å². The van der Waals surface area contributed by atoms with Gasteiger partial charge in [0, 0.05) is 6.54 Å². The molecular formula is C17H21N3O3. The van der Waals surface area contributed by atoms with Gasteiger partial charge in [0.25, 0.3) is 0 Å². The zero-order valence-corrected chi connectivity index (χ0v) is 13.3. The van der Waals surface area contributed by atoms with Crippen molar-refractivity contribution in [1.82, 2.24) is 4.98 Å². The summed E-state index contributed by atoms with van der Waals surface area (Å²) in [5, 5.41) is 5.84. The lowest BCUT2D eigenvalue weighted by Crippen LogP contribution is -2.14. The summed E-state index contributed by atoms with van der Waals surface area (Å²) in [5.74, 6) is 1.32. The normalized spacial score (nSPS) is 10.0. The lowest BCUT2D eigenvalue weighted by molar-refractivity contribution is 0.168. The van der Waals surface area contributed by atoms with E-state index >= 15 is 0 Å². The first kappa shape index (κ1) is 16.6. The first-order valence-electron chi connectivity index (χ1n) is 7.48. The van der Waals surface area contributed by atoms with Crippen LogP contribution in [0.3, 0.4) is 0 Å². The first-order valence-corrected chi connectivity index (χ1v) is 7.48. The molecule has 0 aliphatic carbocycles. The van der Waals surface area contributed by atoms with E-state index in [-0.39, 0.29) is 0 Å². The van der Waals surface area contributed by atoms with Gasteiger partial charge in [-0.2, -0.15) is 0 Å². The predicted octanol–water partition coefficient (Wildman–Crippen LogP) is 3.31. The third-order valence-corrected chi connectivity index (χ3v) is 3.15. The van der Waals surface area contributed by atoms with E-state index in [1.54, 1.807) is 26.3 Å². The highest BCUT2D eigenvalue weighted by atomic mass is 16.5. The number of hydrogen-bond donors (Lipinski definition) is 2. The summed E-state index contributed by atoms with van der Waals surface area (Å²) in [4.78, 5) is 15.4. The van der Waals surface area contributed by atoms with Gasteiger partial charge < -0.3 is 14.8 Å². The van der Waals surface area contributed by atoms with E-state index in [9.17, 15) is 4.79 Å². The number of hydrogen-bond acceptors (Lipinski definition) is 5. The van der Waals surface area contributed by atoms with Gasteiger partial charge >= 0.3 is 6.09 Å². The van der Waals surface area contributed by atoms with Crippen molar-refractivity contribution in [3.8, 4) is 5.75 Å². The Balaban J connectivity index is 1.80. The fraction of sp³-hybridized carbons (Fsp3) is 0.294. The van der Waals surface area contributed by atoms with Crippen molar-refractivity contribution in [2.75, 3.05) is 30.9 Å². The third-order valence-electron chi connectivity index (χ3n) is 3.15. The Morgan fingerprint density at radius 3 is 2.83 bits per heavy atom. The molecule has 0 bridgehead atoms. The topological polar surface area (TPSA) is 72.5 Å². The summed E-state index contributed by atoms with van der Waals surface area (Å²) >= 11 is 0. The van der Waals surface area contributed by atoms with E-state index in [4.69, 9.17) is 9.47 Å². The highest BCUT2D eigenvalue weighted by Crippen LogP contribution is 2.14. The van der Waals surface area contributed by atoms with E-state index in [0.29, 0.717) is 12.4 Å². The van der Waals surface area contributed by atoms with Crippen LogP contribution < -0.4 is 15.4 Å². The summed E-state index contributed by atoms with van der Waals surface area (Å²) in [6.45, 7) is 2.86. The minimum absolute atomic E-state index is 0.329. The fourth-order valence-electron chi connectivity index (χ4n) is 2.02. The Kier molecular flexibility index (Phi) is 6.23. The van der Waals surface area contributed by atoms with Gasteiger partial charge in [-0.15, -0.1) is 0 Å². The van der Waals surface area contributed by atoms with Crippen molar-refractivity contribution in [2.24, 2.45) is 0 Å². The second kappa shape index (κ2) is 8.63. The van der Waals surface area contributed by atoms with E-state index in [0.717, 1.165) is 24.4 Å². The average molecular weight is 315 g/mol. The Bertz CT molecular complexity index is 629. The summed E-state index contributed by atoms with van der Waals surface area (Å²) < 4.78 is 10.00. The van der Waals surface area contributed by atoms with E-state index in [1.807, 2.05) is 24.3 Å². The molecule has 2 aromatic rings. The zero-order valence-electron chi connectivity index (χ0n) is 13.3. The number of aromatic nitrogens is 1. The molecule has 0 unspecified atom stereocenters. The number of rotatable bonds is 7. The molecule has 0 saturated carbocycles. The molecule has 23 heavy (non-hydrogen) atoms. The minimum Gasteiger partial charge on any atom is -0.497 e. The smallest absolute Gasteiger partial charge is 0.412 e. The van der Waals surface area contributed by atoms with Crippen LogP contribution >= 0.6 is 0 Å². The number of anilines is 2. The molecule has 1 aromatic carbocycles. The molecule has 0 saturated heterocycles. The molecule has 1 amide bonds. The third kappa shape index (κ3) is 5.50. The first-order chi connectivity index (χ1) is 11.2. The number of pyridine rings is 1. The number of amides is 1. The standard InChI is InChI=1S/C17H21N3O3/c1-3-23-17(21)20-16-8-7-14(12-19-16)18-10-9-13-5-4-6-15(11-13)22-2/h4-8,11-12,18H,3,9-10H2,1-2H3,(H,19,20,21). The lowest BCUT2D eigenvalue weighted by Gasteiger charge is -2.08. The number of carbonyl (C=O) groups is 1. The van der Waals surface area contributed by atoms with Crippen LogP contribution in [-0.2, 0) is 11.2 Å². The van der Waals surface area contributed by atoms with Crippen LogP contribution in [0.25, 0.3) is 0 Å². The van der Waals surface area contributed by atoms with Gasteiger partial charge in [0.15, 0.2) is 0 Å². The minimum atomic E-state index is -0.501. The second-order valence-electron chi connectivity index (χ2n) is 4.81. The molecule has 0 fully saturated rings. The predicted molar refractivity (Wildman–Crippen MR) is 90.1 cm³/mol. The van der Waals surface area contributed by atoms with E-state index in [1.165, 1.54) is 5.56 Å². The molecule has 0 aliphatic heterocycles. The van der Waals surface area contributed by atoms with E-state index < -0.39 is 6.09 Å². The molecule has 0 atom stereocenters. The monoisotopic (exact) mass is 315 g/mol. The van der Waals surface area contributed by atoms with Gasteiger partial charge in [-0.1, -0.05) is 12.1 Å². The quantitative estimate of drug-likeness (QED) is 0.820. The number of ether oxygens (including phenoxy) is 2. The highest BCUT2D eigenvalue weighted by molar-refractivity contribution is 5.83. The Morgan fingerprint density at radius 1 is 1.26 bits per heavy atom. The van der Waals surface area contributed by atoms with Gasteiger partial charge in [-0.3, -0.25) is 5.32 Å². The van der Waals surface area contributed by atoms with Crippen LogP contribution in [0, 0.1) is 0 Å². The summed E-state index contributed by atoms with van der Waals surface area (Å²) in [5.41, 5.74) is 2.09. The van der Waals surface area contributed by atoms with Crippen LogP contribution in [0.4, 0.5) is 16.3 Å². The number of carbonyl (C=O) groups excluding carboxylic acids is 1. The fourth-order valence-corrected chi connectivity index (χ4v) is 2.02. The lowest BCUT2D eigenvalue weighted by atomic mass is 10.1. The molecule has 1 aromatic heterocycles.